The van der Waals surface area contributed by atoms with Crippen LogP contribution in [0.3, 0.4) is 0 Å². The number of nitrogens with one attached hydrogen (secondary N) is 2. The van der Waals surface area contributed by atoms with Gasteiger partial charge in [-0.2, -0.15) is 4.98 Å². The van der Waals surface area contributed by atoms with Gasteiger partial charge in [0.2, 0.25) is 5.88 Å². The second-order valence-electron chi connectivity index (χ2n) is 6.87. The van der Waals surface area contributed by atoms with Gasteiger partial charge >= 0.3 is 6.03 Å². The Morgan fingerprint density at radius 3 is 2.32 bits per heavy atom. The summed E-state index contributed by atoms with van der Waals surface area (Å²) in [6, 6.07) is 17.6. The van der Waals surface area contributed by atoms with Gasteiger partial charge in [0.05, 0.1) is 0 Å². The summed E-state index contributed by atoms with van der Waals surface area (Å²) in [5, 5.41) is 6.12. The summed E-state index contributed by atoms with van der Waals surface area (Å²) in [5.74, 6) is 2.35. The average molecular weight is 434 g/mol. The second-order valence-corrected chi connectivity index (χ2v) is 7.28. The van der Waals surface area contributed by atoms with E-state index in [4.69, 9.17) is 16.3 Å². The van der Waals surface area contributed by atoms with E-state index in [2.05, 4.69) is 20.6 Å². The van der Waals surface area contributed by atoms with E-state index < -0.39 is 0 Å². The van der Waals surface area contributed by atoms with E-state index in [1.54, 1.807) is 42.5 Å². The van der Waals surface area contributed by atoms with Crippen molar-refractivity contribution in [3.8, 4) is 17.4 Å². The van der Waals surface area contributed by atoms with Crippen molar-refractivity contribution >= 4 is 29.0 Å². The van der Waals surface area contributed by atoms with E-state index in [-0.39, 0.29) is 6.03 Å². The lowest BCUT2D eigenvalue weighted by Gasteiger charge is -2.10. The fourth-order valence-electron chi connectivity index (χ4n) is 2.89. The summed E-state index contributed by atoms with van der Waals surface area (Å²) in [6.07, 6.45) is 3.81. The number of aromatic nitrogens is 3. The van der Waals surface area contributed by atoms with Crippen LogP contribution in [0, 0.1) is 13.8 Å². The first-order valence-corrected chi connectivity index (χ1v) is 9.95. The number of anilines is 2. The first-order valence-electron chi connectivity index (χ1n) is 9.57. The Kier molecular flexibility index (Phi) is 5.86. The molecule has 0 saturated heterocycles. The van der Waals surface area contributed by atoms with Crippen LogP contribution >= 0.6 is 11.6 Å². The number of ether oxygens (including phenoxy) is 1. The molecule has 8 heteroatoms. The van der Waals surface area contributed by atoms with Crippen molar-refractivity contribution < 1.29 is 9.53 Å². The Morgan fingerprint density at radius 2 is 1.61 bits per heavy atom. The predicted octanol–water partition coefficient (Wildman–Crippen LogP) is 5.97. The minimum absolute atomic E-state index is 0.364. The van der Waals surface area contributed by atoms with E-state index in [1.807, 2.05) is 49.0 Å². The summed E-state index contributed by atoms with van der Waals surface area (Å²) in [5.41, 5.74) is 2.18. The first-order chi connectivity index (χ1) is 15.0. The topological polar surface area (TPSA) is 81.1 Å². The molecule has 0 fully saturated rings. The zero-order valence-electron chi connectivity index (χ0n) is 17.0. The highest BCUT2D eigenvalue weighted by Gasteiger charge is 2.07. The van der Waals surface area contributed by atoms with Gasteiger partial charge < -0.3 is 19.9 Å². The van der Waals surface area contributed by atoms with Gasteiger partial charge in [-0.25, -0.2) is 9.78 Å². The number of hydrogen-bond donors (Lipinski definition) is 2. The number of carbonyl (C=O) groups excluding carboxylic acids is 1. The molecule has 0 spiro atoms. The van der Waals surface area contributed by atoms with Crippen LogP contribution in [0.4, 0.5) is 16.2 Å². The molecule has 7 nitrogen and oxygen atoms in total. The van der Waals surface area contributed by atoms with Crippen molar-refractivity contribution in [1.82, 2.24) is 14.5 Å². The number of aryl methyl sites for hydroxylation is 2. The van der Waals surface area contributed by atoms with E-state index in [9.17, 15) is 4.79 Å². The van der Waals surface area contributed by atoms with E-state index in [0.717, 1.165) is 11.4 Å². The number of nitrogens with zero attached hydrogens (tertiary/aromatic N) is 3. The molecule has 2 N–H and O–H groups in total. The van der Waals surface area contributed by atoms with E-state index in [0.29, 0.717) is 33.9 Å². The van der Waals surface area contributed by atoms with Crippen molar-refractivity contribution in [1.29, 1.82) is 0 Å². The fraction of sp³-hybridized carbons (Fsp3) is 0.0870. The Bertz CT molecular complexity index is 1210. The Hall–Kier alpha value is -3.84. The Labute approximate surface area is 184 Å². The zero-order valence-corrected chi connectivity index (χ0v) is 17.7. The van der Waals surface area contributed by atoms with Crippen molar-refractivity contribution in [2.24, 2.45) is 0 Å². The summed E-state index contributed by atoms with van der Waals surface area (Å²) >= 11 is 6.09. The molecule has 0 aliphatic carbocycles. The number of urea groups is 1. The van der Waals surface area contributed by atoms with Crippen LogP contribution < -0.4 is 15.4 Å². The number of carbonyl (C=O) groups is 1. The van der Waals surface area contributed by atoms with E-state index in [1.165, 1.54) is 0 Å². The fourth-order valence-corrected chi connectivity index (χ4v) is 3.07. The van der Waals surface area contributed by atoms with Gasteiger partial charge in [0.1, 0.15) is 17.4 Å². The monoisotopic (exact) mass is 433 g/mol. The molecular weight excluding hydrogens is 414 g/mol. The molecule has 2 heterocycles. The molecule has 2 aromatic heterocycles. The molecule has 0 saturated carbocycles. The van der Waals surface area contributed by atoms with Crippen molar-refractivity contribution in [3.05, 3.63) is 89.5 Å². The summed E-state index contributed by atoms with van der Waals surface area (Å²) < 4.78 is 7.75. The quantitative estimate of drug-likeness (QED) is 0.406. The molecular formula is C23H20ClN5O2. The standard InChI is InChI=1S/C23H20ClN5O2/c1-15-5-6-18(13-20(15)24)28-23(30)27-17-7-9-19(10-8-17)31-22-14-21(25-16(2)26-22)29-11-3-4-12-29/h3-14H,1-2H3,(H2,27,28,30). The highest BCUT2D eigenvalue weighted by atomic mass is 35.5. The highest BCUT2D eigenvalue weighted by molar-refractivity contribution is 6.31. The van der Waals surface area contributed by atoms with Gasteiger partial charge in [-0.1, -0.05) is 17.7 Å². The van der Waals surface area contributed by atoms with Crippen LogP contribution in [0.2, 0.25) is 5.02 Å². The zero-order chi connectivity index (χ0) is 21.8. The third-order valence-corrected chi connectivity index (χ3v) is 4.84. The van der Waals surface area contributed by atoms with Crippen LogP contribution in [-0.4, -0.2) is 20.6 Å². The SMILES string of the molecule is Cc1nc(Oc2ccc(NC(=O)Nc3ccc(C)c(Cl)c3)cc2)cc(-n2cccc2)n1. The molecule has 0 unspecified atom stereocenters. The third-order valence-electron chi connectivity index (χ3n) is 4.43. The predicted molar refractivity (Wildman–Crippen MR) is 121 cm³/mol. The van der Waals surface area contributed by atoms with Gasteiger partial charge in [0.15, 0.2) is 0 Å². The van der Waals surface area contributed by atoms with Crippen molar-refractivity contribution in [2.45, 2.75) is 13.8 Å². The normalized spacial score (nSPS) is 10.5. The highest BCUT2D eigenvalue weighted by Crippen LogP contribution is 2.24. The molecule has 156 valence electrons. The number of halogens is 1. The number of benzene rings is 2. The van der Waals surface area contributed by atoms with E-state index >= 15 is 0 Å². The minimum atomic E-state index is -0.364. The molecule has 0 atom stereocenters. The lowest BCUT2D eigenvalue weighted by molar-refractivity contribution is 0.262. The number of rotatable bonds is 5. The summed E-state index contributed by atoms with van der Waals surface area (Å²) in [6.45, 7) is 3.71. The molecule has 0 radical (unpaired) electrons. The molecule has 0 aliphatic heterocycles. The Morgan fingerprint density at radius 1 is 0.935 bits per heavy atom. The lowest BCUT2D eigenvalue weighted by Crippen LogP contribution is -2.19. The van der Waals surface area contributed by atoms with Crippen LogP contribution in [0.15, 0.2) is 73.1 Å². The van der Waals surface area contributed by atoms with Gasteiger partial charge in [0, 0.05) is 34.9 Å². The molecule has 2 aromatic carbocycles. The van der Waals surface area contributed by atoms with Gasteiger partial charge in [-0.05, 0) is 67.9 Å². The van der Waals surface area contributed by atoms with Crippen LogP contribution in [0.5, 0.6) is 11.6 Å². The number of hydrogen-bond acceptors (Lipinski definition) is 4. The third kappa shape index (κ3) is 5.21. The lowest BCUT2D eigenvalue weighted by atomic mass is 10.2. The van der Waals surface area contributed by atoms with Gasteiger partial charge in [0.25, 0.3) is 0 Å². The van der Waals surface area contributed by atoms with Crippen LogP contribution in [-0.2, 0) is 0 Å². The molecule has 0 bridgehead atoms. The molecule has 4 aromatic rings. The minimum Gasteiger partial charge on any atom is -0.439 e. The van der Waals surface area contributed by atoms with Crippen LogP contribution in [0.25, 0.3) is 5.82 Å². The molecule has 4 rings (SSSR count). The Balaban J connectivity index is 1.40. The largest absolute Gasteiger partial charge is 0.439 e. The maximum absolute atomic E-state index is 12.2. The second kappa shape index (κ2) is 8.89. The van der Waals surface area contributed by atoms with Gasteiger partial charge in [-0.15, -0.1) is 0 Å². The summed E-state index contributed by atoms with van der Waals surface area (Å²) in [4.78, 5) is 21.0. The first kappa shape index (κ1) is 20.4. The molecule has 2 amide bonds. The van der Waals surface area contributed by atoms with Crippen LogP contribution in [0.1, 0.15) is 11.4 Å². The molecule has 0 aliphatic rings. The smallest absolute Gasteiger partial charge is 0.323 e. The average Bonchev–Trinajstić information content (AvgIpc) is 3.27. The van der Waals surface area contributed by atoms with Gasteiger partial charge in [-0.3, -0.25) is 0 Å². The summed E-state index contributed by atoms with van der Waals surface area (Å²) in [7, 11) is 0. The van der Waals surface area contributed by atoms with Crippen molar-refractivity contribution in [3.63, 3.8) is 0 Å². The molecule has 31 heavy (non-hydrogen) atoms. The van der Waals surface area contributed by atoms with Crippen molar-refractivity contribution in [2.75, 3.05) is 10.6 Å². The maximum Gasteiger partial charge on any atom is 0.323 e. The maximum atomic E-state index is 12.2. The number of amides is 2.